The number of hydrogen-bond donors (Lipinski definition) is 0. The van der Waals surface area contributed by atoms with Crippen LogP contribution in [-0.2, 0) is 0 Å². The Balaban J connectivity index is 1.96. The van der Waals surface area contributed by atoms with E-state index >= 15 is 0 Å². The van der Waals surface area contributed by atoms with Gasteiger partial charge in [-0.1, -0.05) is 24.1 Å². The van der Waals surface area contributed by atoms with Gasteiger partial charge in [0.15, 0.2) is 0 Å². The van der Waals surface area contributed by atoms with Crippen LogP contribution in [0.5, 0.6) is 0 Å². The number of rotatable bonds is 0. The molecule has 13 heavy (non-hydrogen) atoms. The smallest absolute Gasteiger partial charge is 0.0169 e. The zero-order valence-corrected chi connectivity index (χ0v) is 8.26. The zero-order valence-electron chi connectivity index (χ0n) is 8.26. The maximum atomic E-state index is 2.41. The Morgan fingerprint density at radius 3 is 3.08 bits per heavy atom. The predicted molar refractivity (Wildman–Crippen MR) is 55.5 cm³/mol. The Kier molecular flexibility index (Phi) is 1.81. The summed E-state index contributed by atoms with van der Waals surface area (Å²) in [6.07, 6.45) is 14.8. The molecule has 0 bridgehead atoms. The summed E-state index contributed by atoms with van der Waals surface area (Å²) in [5.74, 6) is 2.08. The summed E-state index contributed by atoms with van der Waals surface area (Å²) in [6, 6.07) is 0. The molecule has 0 N–H and O–H groups in total. The lowest BCUT2D eigenvalue weighted by molar-refractivity contribution is 0.374. The van der Waals surface area contributed by atoms with Crippen LogP contribution in [0.15, 0.2) is 23.3 Å². The molecule has 0 heterocycles. The summed E-state index contributed by atoms with van der Waals surface area (Å²) in [4.78, 5) is 0. The van der Waals surface area contributed by atoms with E-state index in [4.69, 9.17) is 0 Å². The second-order valence-electron chi connectivity index (χ2n) is 4.83. The van der Waals surface area contributed by atoms with Gasteiger partial charge in [0.25, 0.3) is 0 Å². The molecule has 3 rings (SSSR count). The van der Waals surface area contributed by atoms with E-state index in [-0.39, 0.29) is 0 Å². The van der Waals surface area contributed by atoms with Crippen LogP contribution in [0.1, 0.15) is 44.9 Å². The average Bonchev–Trinajstić information content (AvgIpc) is 2.65. The van der Waals surface area contributed by atoms with Gasteiger partial charge in [0.05, 0.1) is 0 Å². The fraction of sp³-hybridized carbons (Fsp3) is 0.692. The van der Waals surface area contributed by atoms with Crippen molar-refractivity contribution in [3.63, 3.8) is 0 Å². The molecule has 0 radical (unpaired) electrons. The van der Waals surface area contributed by atoms with Gasteiger partial charge in [0.1, 0.15) is 0 Å². The summed E-state index contributed by atoms with van der Waals surface area (Å²) < 4.78 is 0. The van der Waals surface area contributed by atoms with Crippen molar-refractivity contribution < 1.29 is 0 Å². The fourth-order valence-corrected chi connectivity index (χ4v) is 3.58. The third-order valence-electron chi connectivity index (χ3n) is 4.20. The molecule has 0 amide bonds. The van der Waals surface area contributed by atoms with Gasteiger partial charge < -0.3 is 0 Å². The highest BCUT2D eigenvalue weighted by atomic mass is 14.4. The molecule has 1 fully saturated rings. The monoisotopic (exact) mass is 174 g/mol. The molecule has 3 aliphatic rings. The maximum absolute atomic E-state index is 2.41. The van der Waals surface area contributed by atoms with Gasteiger partial charge in [-0.2, -0.15) is 0 Å². The Bertz CT molecular complexity index is 270. The first kappa shape index (κ1) is 7.84. The van der Waals surface area contributed by atoms with Gasteiger partial charge in [-0.15, -0.1) is 0 Å². The largest absolute Gasteiger partial charge is 0.0839 e. The van der Waals surface area contributed by atoms with Gasteiger partial charge in [0.2, 0.25) is 0 Å². The van der Waals surface area contributed by atoms with E-state index in [0.29, 0.717) is 0 Å². The van der Waals surface area contributed by atoms with Crippen molar-refractivity contribution in [2.75, 3.05) is 0 Å². The molecule has 3 aliphatic carbocycles. The van der Waals surface area contributed by atoms with Crippen LogP contribution < -0.4 is 0 Å². The quantitative estimate of drug-likeness (QED) is 0.523. The third-order valence-corrected chi connectivity index (χ3v) is 4.20. The Morgan fingerprint density at radius 1 is 1.08 bits per heavy atom. The second-order valence-corrected chi connectivity index (χ2v) is 4.83. The molecule has 0 aromatic heterocycles. The third kappa shape index (κ3) is 1.19. The SMILES string of the molecule is C1=CC2=C(CC1)C1CCCC1CC2. The van der Waals surface area contributed by atoms with Crippen molar-refractivity contribution in [1.29, 1.82) is 0 Å². The molecule has 1 saturated carbocycles. The molecule has 70 valence electrons. The van der Waals surface area contributed by atoms with Gasteiger partial charge in [-0.05, 0) is 55.9 Å². The van der Waals surface area contributed by atoms with Gasteiger partial charge in [-0.3, -0.25) is 0 Å². The molecule has 0 saturated heterocycles. The van der Waals surface area contributed by atoms with Crippen molar-refractivity contribution >= 4 is 0 Å². The van der Waals surface area contributed by atoms with Crippen molar-refractivity contribution in [3.05, 3.63) is 23.3 Å². The van der Waals surface area contributed by atoms with E-state index in [1.165, 1.54) is 44.9 Å². The van der Waals surface area contributed by atoms with E-state index in [1.807, 2.05) is 5.57 Å². The normalized spacial score (nSPS) is 37.5. The summed E-state index contributed by atoms with van der Waals surface area (Å²) in [5, 5.41) is 0. The molecule has 0 spiro atoms. The lowest BCUT2D eigenvalue weighted by Crippen LogP contribution is -2.18. The lowest BCUT2D eigenvalue weighted by Gasteiger charge is -2.31. The molecule has 0 aliphatic heterocycles. The maximum Gasteiger partial charge on any atom is -0.0169 e. The molecule has 0 nitrogen and oxygen atoms in total. The minimum atomic E-state index is 1.01. The first-order valence-corrected chi connectivity index (χ1v) is 5.83. The minimum Gasteiger partial charge on any atom is -0.0839 e. The van der Waals surface area contributed by atoms with Gasteiger partial charge in [0, 0.05) is 0 Å². The standard InChI is InChI=1S/C13H18/c1-2-6-12-10(4-1)8-9-11-5-3-7-13(11)12/h1,4,11,13H,2-3,5-9H2. The van der Waals surface area contributed by atoms with Crippen LogP contribution in [0.25, 0.3) is 0 Å². The Hall–Kier alpha value is -0.520. The van der Waals surface area contributed by atoms with Crippen LogP contribution in [0, 0.1) is 11.8 Å². The Labute approximate surface area is 80.7 Å². The number of allylic oxidation sites excluding steroid dienone is 4. The fourth-order valence-electron chi connectivity index (χ4n) is 3.58. The van der Waals surface area contributed by atoms with Crippen LogP contribution in [0.3, 0.4) is 0 Å². The molecule has 0 aromatic carbocycles. The first-order chi connectivity index (χ1) is 6.45. The summed E-state index contributed by atoms with van der Waals surface area (Å²) >= 11 is 0. The van der Waals surface area contributed by atoms with E-state index in [1.54, 1.807) is 5.57 Å². The van der Waals surface area contributed by atoms with Crippen molar-refractivity contribution in [2.24, 2.45) is 11.8 Å². The molecular formula is C13H18. The van der Waals surface area contributed by atoms with Crippen molar-refractivity contribution in [1.82, 2.24) is 0 Å². The van der Waals surface area contributed by atoms with E-state index in [2.05, 4.69) is 12.2 Å². The van der Waals surface area contributed by atoms with Crippen LogP contribution in [-0.4, -0.2) is 0 Å². The predicted octanol–water partition coefficient (Wildman–Crippen LogP) is 3.84. The van der Waals surface area contributed by atoms with Crippen LogP contribution in [0.4, 0.5) is 0 Å². The zero-order chi connectivity index (χ0) is 8.67. The van der Waals surface area contributed by atoms with Gasteiger partial charge in [-0.25, -0.2) is 0 Å². The summed E-state index contributed by atoms with van der Waals surface area (Å²) in [7, 11) is 0. The molecule has 0 heteroatoms. The van der Waals surface area contributed by atoms with E-state index < -0.39 is 0 Å². The van der Waals surface area contributed by atoms with Crippen LogP contribution >= 0.6 is 0 Å². The Morgan fingerprint density at radius 2 is 2.08 bits per heavy atom. The highest BCUT2D eigenvalue weighted by Gasteiger charge is 2.34. The highest BCUT2D eigenvalue weighted by molar-refractivity contribution is 5.34. The number of fused-ring (bicyclic) bond motifs is 2. The molecular weight excluding hydrogens is 156 g/mol. The second kappa shape index (κ2) is 3.01. The van der Waals surface area contributed by atoms with E-state index in [0.717, 1.165) is 11.8 Å². The van der Waals surface area contributed by atoms with Crippen LogP contribution in [0.2, 0.25) is 0 Å². The van der Waals surface area contributed by atoms with Gasteiger partial charge >= 0.3 is 0 Å². The van der Waals surface area contributed by atoms with E-state index in [9.17, 15) is 0 Å². The number of hydrogen-bond acceptors (Lipinski definition) is 0. The molecule has 2 atom stereocenters. The summed E-state index contributed by atoms with van der Waals surface area (Å²) in [5.41, 5.74) is 3.57. The first-order valence-electron chi connectivity index (χ1n) is 5.83. The average molecular weight is 174 g/mol. The molecule has 0 aromatic rings. The lowest BCUT2D eigenvalue weighted by atomic mass is 9.74. The minimum absolute atomic E-state index is 1.01. The summed E-state index contributed by atoms with van der Waals surface area (Å²) in [6.45, 7) is 0. The topological polar surface area (TPSA) is 0 Å². The van der Waals surface area contributed by atoms with Crippen molar-refractivity contribution in [3.8, 4) is 0 Å². The van der Waals surface area contributed by atoms with Crippen molar-refractivity contribution in [2.45, 2.75) is 44.9 Å². The molecule has 2 unspecified atom stereocenters. The highest BCUT2D eigenvalue weighted by Crippen LogP contribution is 2.47.